The average Bonchev–Trinajstić information content (AvgIpc) is 2.37. The lowest BCUT2D eigenvalue weighted by Crippen LogP contribution is -2.19. The monoisotopic (exact) mass is 358 g/mol. The third kappa shape index (κ3) is 4.13. The first-order valence-corrected chi connectivity index (χ1v) is 6.88. The Labute approximate surface area is 129 Å². The Morgan fingerprint density at radius 2 is 1.58 bits per heavy atom. The molecule has 2 N–H and O–H groups in total. The Morgan fingerprint density at radius 3 is 2.26 bits per heavy atom. The number of halogens is 3. The van der Waals surface area contributed by atoms with Gasteiger partial charge in [0, 0.05) is 20.2 Å². The maximum atomic E-state index is 11.8. The summed E-state index contributed by atoms with van der Waals surface area (Å²) in [6, 6.07) is 11.6. The van der Waals surface area contributed by atoms with Gasteiger partial charge >= 0.3 is 6.03 Å². The molecule has 0 atom stereocenters. The second-order valence-corrected chi connectivity index (χ2v) is 5.44. The van der Waals surface area contributed by atoms with Gasteiger partial charge in [0.2, 0.25) is 0 Å². The highest BCUT2D eigenvalue weighted by Crippen LogP contribution is 2.26. The van der Waals surface area contributed by atoms with Crippen LogP contribution in [0, 0.1) is 0 Å². The normalized spacial score (nSPS) is 10.1. The lowest BCUT2D eigenvalue weighted by atomic mass is 10.3. The molecule has 0 heterocycles. The molecule has 0 spiro atoms. The van der Waals surface area contributed by atoms with E-state index in [0.717, 1.165) is 4.47 Å². The molecule has 2 aromatic rings. The predicted octanol–water partition coefficient (Wildman–Crippen LogP) is 5.40. The summed E-state index contributed by atoms with van der Waals surface area (Å²) in [4.78, 5) is 11.8. The van der Waals surface area contributed by atoms with Crippen LogP contribution in [-0.2, 0) is 0 Å². The molecule has 98 valence electrons. The number of nitrogens with one attached hydrogen (secondary N) is 2. The first-order chi connectivity index (χ1) is 9.04. The summed E-state index contributed by atoms with van der Waals surface area (Å²) in [5, 5.41) is 6.55. The minimum Gasteiger partial charge on any atom is -0.308 e. The summed E-state index contributed by atoms with van der Waals surface area (Å²) in [7, 11) is 0. The van der Waals surface area contributed by atoms with Crippen LogP contribution in [0.4, 0.5) is 16.2 Å². The van der Waals surface area contributed by atoms with Crippen molar-refractivity contribution in [2.45, 2.75) is 0 Å². The number of benzene rings is 2. The van der Waals surface area contributed by atoms with Crippen molar-refractivity contribution in [3.63, 3.8) is 0 Å². The first kappa shape index (κ1) is 14.2. The van der Waals surface area contributed by atoms with Gasteiger partial charge in [-0.1, -0.05) is 23.2 Å². The van der Waals surface area contributed by atoms with Crippen molar-refractivity contribution in [3.8, 4) is 0 Å². The van der Waals surface area contributed by atoms with Gasteiger partial charge in [0.25, 0.3) is 0 Å². The van der Waals surface area contributed by atoms with Crippen LogP contribution in [0.5, 0.6) is 0 Å². The molecule has 2 rings (SSSR count). The molecule has 0 aliphatic heterocycles. The van der Waals surface area contributed by atoms with E-state index in [9.17, 15) is 4.79 Å². The van der Waals surface area contributed by atoms with Crippen LogP contribution in [0.25, 0.3) is 0 Å². The highest BCUT2D eigenvalue weighted by atomic mass is 79.9. The molecule has 6 heteroatoms. The fourth-order valence-electron chi connectivity index (χ4n) is 1.41. The lowest BCUT2D eigenvalue weighted by molar-refractivity contribution is 0.262. The van der Waals surface area contributed by atoms with Gasteiger partial charge < -0.3 is 10.6 Å². The van der Waals surface area contributed by atoms with Crippen LogP contribution in [0.3, 0.4) is 0 Å². The molecule has 0 bridgehead atoms. The van der Waals surface area contributed by atoms with Gasteiger partial charge in [-0.2, -0.15) is 0 Å². The van der Waals surface area contributed by atoms with Crippen molar-refractivity contribution in [2.75, 3.05) is 10.6 Å². The van der Waals surface area contributed by atoms with Crippen molar-refractivity contribution in [1.29, 1.82) is 0 Å². The maximum Gasteiger partial charge on any atom is 0.323 e. The van der Waals surface area contributed by atoms with E-state index in [4.69, 9.17) is 23.2 Å². The van der Waals surface area contributed by atoms with Gasteiger partial charge in [-0.3, -0.25) is 0 Å². The summed E-state index contributed by atoms with van der Waals surface area (Å²) in [6.45, 7) is 0. The van der Waals surface area contributed by atoms with Crippen molar-refractivity contribution in [1.82, 2.24) is 0 Å². The van der Waals surface area contributed by atoms with Crippen LogP contribution in [-0.4, -0.2) is 6.03 Å². The standard InChI is InChI=1S/C13H9BrCl2N2O/c14-11-6-3-9(16)7-12(11)18-13(19)17-10-4-1-8(15)2-5-10/h1-7H,(H2,17,18,19). The van der Waals surface area contributed by atoms with Gasteiger partial charge in [0.05, 0.1) is 5.69 Å². The molecule has 0 aromatic heterocycles. The Bertz CT molecular complexity index is 602. The number of carbonyl (C=O) groups is 1. The number of amides is 2. The zero-order valence-corrected chi connectivity index (χ0v) is 12.7. The molecule has 19 heavy (non-hydrogen) atoms. The second-order valence-electron chi connectivity index (χ2n) is 3.71. The number of hydrogen-bond acceptors (Lipinski definition) is 1. The first-order valence-electron chi connectivity index (χ1n) is 5.33. The Kier molecular flexibility index (Phi) is 4.69. The highest BCUT2D eigenvalue weighted by Gasteiger charge is 2.06. The number of rotatable bonds is 2. The minimum absolute atomic E-state index is 0.356. The molecular weight excluding hydrogens is 351 g/mol. The summed E-state index contributed by atoms with van der Waals surface area (Å²) < 4.78 is 0.753. The molecule has 3 nitrogen and oxygen atoms in total. The Balaban J connectivity index is 2.05. The van der Waals surface area contributed by atoms with E-state index >= 15 is 0 Å². The van der Waals surface area contributed by atoms with Crippen molar-refractivity contribution >= 4 is 56.5 Å². The van der Waals surface area contributed by atoms with Crippen LogP contribution in [0.2, 0.25) is 10.0 Å². The largest absolute Gasteiger partial charge is 0.323 e. The molecule has 0 aliphatic carbocycles. The highest BCUT2D eigenvalue weighted by molar-refractivity contribution is 9.10. The predicted molar refractivity (Wildman–Crippen MR) is 83.2 cm³/mol. The third-order valence-corrected chi connectivity index (χ3v) is 3.46. The van der Waals surface area contributed by atoms with Gasteiger partial charge in [0.1, 0.15) is 0 Å². The average molecular weight is 360 g/mol. The van der Waals surface area contributed by atoms with Gasteiger partial charge in [-0.15, -0.1) is 0 Å². The molecule has 0 saturated carbocycles. The Morgan fingerprint density at radius 1 is 0.947 bits per heavy atom. The van der Waals surface area contributed by atoms with E-state index < -0.39 is 0 Å². The summed E-state index contributed by atoms with van der Waals surface area (Å²) in [5.41, 5.74) is 1.25. The fourth-order valence-corrected chi connectivity index (χ4v) is 2.06. The molecule has 0 aliphatic rings. The van der Waals surface area contributed by atoms with Crippen LogP contribution < -0.4 is 10.6 Å². The van der Waals surface area contributed by atoms with Gasteiger partial charge in [-0.05, 0) is 58.4 Å². The molecule has 2 amide bonds. The number of hydrogen-bond donors (Lipinski definition) is 2. The van der Waals surface area contributed by atoms with Crippen LogP contribution in [0.15, 0.2) is 46.9 Å². The SMILES string of the molecule is O=C(Nc1ccc(Cl)cc1)Nc1cc(Cl)ccc1Br. The van der Waals surface area contributed by atoms with Gasteiger partial charge in [0.15, 0.2) is 0 Å². The quantitative estimate of drug-likeness (QED) is 0.740. The van der Waals surface area contributed by atoms with Gasteiger partial charge in [-0.25, -0.2) is 4.79 Å². The van der Waals surface area contributed by atoms with Crippen LogP contribution in [0.1, 0.15) is 0 Å². The summed E-state index contributed by atoms with van der Waals surface area (Å²) in [5.74, 6) is 0. The second kappa shape index (κ2) is 6.28. The molecule has 2 aromatic carbocycles. The van der Waals surface area contributed by atoms with E-state index in [1.807, 2.05) is 0 Å². The zero-order valence-electron chi connectivity index (χ0n) is 9.58. The molecular formula is C13H9BrCl2N2O. The molecule has 0 radical (unpaired) electrons. The maximum absolute atomic E-state index is 11.8. The van der Waals surface area contributed by atoms with E-state index in [1.165, 1.54) is 0 Å². The van der Waals surface area contributed by atoms with Crippen molar-refractivity contribution < 1.29 is 4.79 Å². The number of anilines is 2. The zero-order chi connectivity index (χ0) is 13.8. The van der Waals surface area contributed by atoms with E-state index in [-0.39, 0.29) is 6.03 Å². The third-order valence-electron chi connectivity index (χ3n) is 2.28. The van der Waals surface area contributed by atoms with E-state index in [2.05, 4.69) is 26.6 Å². The molecule has 0 unspecified atom stereocenters. The summed E-state index contributed by atoms with van der Waals surface area (Å²) >= 11 is 15.0. The molecule has 0 saturated heterocycles. The molecule has 0 fully saturated rings. The topological polar surface area (TPSA) is 41.1 Å². The van der Waals surface area contributed by atoms with E-state index in [1.54, 1.807) is 42.5 Å². The smallest absolute Gasteiger partial charge is 0.308 e. The van der Waals surface area contributed by atoms with Crippen molar-refractivity contribution in [2.24, 2.45) is 0 Å². The lowest BCUT2D eigenvalue weighted by Gasteiger charge is -2.09. The Hall–Kier alpha value is -1.23. The number of carbonyl (C=O) groups excluding carboxylic acids is 1. The van der Waals surface area contributed by atoms with Crippen LogP contribution >= 0.6 is 39.1 Å². The minimum atomic E-state index is -0.356. The van der Waals surface area contributed by atoms with Crippen molar-refractivity contribution in [3.05, 3.63) is 57.0 Å². The number of urea groups is 1. The fraction of sp³-hybridized carbons (Fsp3) is 0. The summed E-state index contributed by atoms with van der Waals surface area (Å²) in [6.07, 6.45) is 0. The van der Waals surface area contributed by atoms with E-state index in [0.29, 0.717) is 21.4 Å².